The van der Waals surface area contributed by atoms with Crippen molar-refractivity contribution in [1.29, 1.82) is 0 Å². The average Bonchev–Trinajstić information content (AvgIpc) is 2.91. The summed E-state index contributed by atoms with van der Waals surface area (Å²) in [6, 6.07) is 14.1. The topological polar surface area (TPSA) is 146 Å². The van der Waals surface area contributed by atoms with Crippen molar-refractivity contribution in [3.05, 3.63) is 102 Å². The SMILES string of the molecule is CCOc1cc(C=Nn2c(C(C)(C)C)nc3ccc(Br)cc3c2=O)cc([N+](=O)[O-])c1OCc1cccc(C(=O)O)c1. The second-order valence-electron chi connectivity index (χ2n) is 10.1. The van der Waals surface area contributed by atoms with Crippen LogP contribution in [0.2, 0.25) is 0 Å². The first-order valence-electron chi connectivity index (χ1n) is 12.6. The number of rotatable bonds is 9. The van der Waals surface area contributed by atoms with E-state index in [0.717, 1.165) is 0 Å². The summed E-state index contributed by atoms with van der Waals surface area (Å²) in [6.07, 6.45) is 1.33. The van der Waals surface area contributed by atoms with Crippen molar-refractivity contribution in [3.8, 4) is 11.5 Å². The molecule has 0 amide bonds. The van der Waals surface area contributed by atoms with E-state index < -0.39 is 16.3 Å². The van der Waals surface area contributed by atoms with Crippen LogP contribution >= 0.6 is 15.9 Å². The second kappa shape index (κ2) is 11.9. The van der Waals surface area contributed by atoms with Crippen LogP contribution < -0.4 is 15.0 Å². The van der Waals surface area contributed by atoms with Gasteiger partial charge in [-0.3, -0.25) is 14.9 Å². The Balaban J connectivity index is 1.78. The van der Waals surface area contributed by atoms with Crippen LogP contribution in [0.4, 0.5) is 5.69 Å². The molecule has 41 heavy (non-hydrogen) atoms. The van der Waals surface area contributed by atoms with Crippen LogP contribution in [0.1, 0.15) is 55.0 Å². The van der Waals surface area contributed by atoms with E-state index in [-0.39, 0.29) is 41.5 Å². The minimum absolute atomic E-state index is 0.0672. The Morgan fingerprint density at radius 2 is 1.93 bits per heavy atom. The molecule has 4 aromatic rings. The second-order valence-corrected chi connectivity index (χ2v) is 11.0. The van der Waals surface area contributed by atoms with Crippen LogP contribution in [0.15, 0.2) is 69.0 Å². The van der Waals surface area contributed by atoms with Crippen molar-refractivity contribution in [2.75, 3.05) is 6.61 Å². The van der Waals surface area contributed by atoms with Gasteiger partial charge in [0.15, 0.2) is 5.75 Å². The molecular formula is C29H27BrN4O7. The lowest BCUT2D eigenvalue weighted by Gasteiger charge is -2.21. The number of fused-ring (bicyclic) bond motifs is 1. The van der Waals surface area contributed by atoms with Gasteiger partial charge in [-0.05, 0) is 48.9 Å². The van der Waals surface area contributed by atoms with Crippen LogP contribution in [0.3, 0.4) is 0 Å². The van der Waals surface area contributed by atoms with Gasteiger partial charge in [0, 0.05) is 21.5 Å². The number of carboxylic acids is 1. The standard InChI is InChI=1S/C29H27BrN4O7/c1-5-40-24-13-18(12-23(34(38)39)25(24)41-16-17-7-6-8-19(11-17)27(36)37)15-31-33-26(35)21-14-20(30)9-10-22(21)32-28(33)29(2,3)4/h6-15H,5,16H2,1-4H3,(H,36,37). The number of hydrogen-bond acceptors (Lipinski definition) is 8. The fraction of sp³-hybridized carbons (Fsp3) is 0.241. The van der Waals surface area contributed by atoms with Gasteiger partial charge in [0.2, 0.25) is 5.75 Å². The number of nitrogens with zero attached hydrogens (tertiary/aromatic N) is 4. The van der Waals surface area contributed by atoms with Gasteiger partial charge in [-0.1, -0.05) is 48.8 Å². The third-order valence-electron chi connectivity index (χ3n) is 5.91. The minimum atomic E-state index is -1.10. The highest BCUT2D eigenvalue weighted by atomic mass is 79.9. The minimum Gasteiger partial charge on any atom is -0.490 e. The number of hydrogen-bond donors (Lipinski definition) is 1. The molecular weight excluding hydrogens is 596 g/mol. The first kappa shape index (κ1) is 29.4. The molecule has 0 unspecified atom stereocenters. The van der Waals surface area contributed by atoms with Crippen molar-refractivity contribution in [2.24, 2.45) is 5.10 Å². The van der Waals surface area contributed by atoms with E-state index in [0.29, 0.717) is 32.3 Å². The summed E-state index contributed by atoms with van der Waals surface area (Å²) < 4.78 is 13.4. The third kappa shape index (κ3) is 6.60. The fourth-order valence-electron chi connectivity index (χ4n) is 4.04. The van der Waals surface area contributed by atoms with Crippen molar-refractivity contribution < 1.29 is 24.3 Å². The van der Waals surface area contributed by atoms with Crippen molar-refractivity contribution in [3.63, 3.8) is 0 Å². The molecule has 12 heteroatoms. The molecule has 0 aliphatic rings. The largest absolute Gasteiger partial charge is 0.490 e. The molecule has 0 saturated carbocycles. The molecule has 1 aromatic heterocycles. The smallest absolute Gasteiger partial charge is 0.335 e. The Kier molecular flexibility index (Phi) is 8.52. The predicted molar refractivity (Wildman–Crippen MR) is 157 cm³/mol. The normalized spacial score (nSPS) is 11.6. The summed E-state index contributed by atoms with van der Waals surface area (Å²) in [7, 11) is 0. The molecule has 11 nitrogen and oxygen atoms in total. The summed E-state index contributed by atoms with van der Waals surface area (Å²) in [6.45, 7) is 7.50. The molecule has 4 rings (SSSR count). The van der Waals surface area contributed by atoms with E-state index in [4.69, 9.17) is 9.47 Å². The first-order chi connectivity index (χ1) is 19.4. The number of halogens is 1. The third-order valence-corrected chi connectivity index (χ3v) is 6.41. The number of nitro benzene ring substituents is 1. The molecule has 212 valence electrons. The number of aromatic nitrogens is 2. The molecule has 0 saturated heterocycles. The van der Waals surface area contributed by atoms with Crippen molar-refractivity contribution >= 4 is 44.7 Å². The van der Waals surface area contributed by atoms with Gasteiger partial charge in [-0.25, -0.2) is 9.78 Å². The van der Waals surface area contributed by atoms with Crippen LogP contribution in [0.25, 0.3) is 10.9 Å². The maximum atomic E-state index is 13.5. The highest BCUT2D eigenvalue weighted by Crippen LogP contribution is 2.39. The quantitative estimate of drug-likeness (QED) is 0.137. The summed E-state index contributed by atoms with van der Waals surface area (Å²) in [4.78, 5) is 40.9. The van der Waals surface area contributed by atoms with Gasteiger partial charge < -0.3 is 14.6 Å². The predicted octanol–water partition coefficient (Wildman–Crippen LogP) is 5.92. The zero-order chi connectivity index (χ0) is 29.9. The van der Waals surface area contributed by atoms with Crippen molar-refractivity contribution in [1.82, 2.24) is 9.66 Å². The van der Waals surface area contributed by atoms with E-state index in [1.165, 1.54) is 35.2 Å². The van der Waals surface area contributed by atoms with Gasteiger partial charge >= 0.3 is 11.7 Å². The van der Waals surface area contributed by atoms with E-state index in [1.54, 1.807) is 37.3 Å². The summed E-state index contributed by atoms with van der Waals surface area (Å²) in [5.74, 6) is -0.697. The zero-order valence-corrected chi connectivity index (χ0v) is 24.3. The molecule has 3 aromatic carbocycles. The molecule has 1 heterocycles. The van der Waals surface area contributed by atoms with Gasteiger partial charge in [0.05, 0.1) is 34.2 Å². The monoisotopic (exact) mass is 622 g/mol. The number of aromatic carboxylic acids is 1. The van der Waals surface area contributed by atoms with Gasteiger partial charge in [0.1, 0.15) is 12.4 Å². The highest BCUT2D eigenvalue weighted by molar-refractivity contribution is 9.10. The molecule has 0 atom stereocenters. The molecule has 0 aliphatic heterocycles. The number of ether oxygens (including phenoxy) is 2. The molecule has 0 fully saturated rings. The molecule has 1 N–H and O–H groups in total. The average molecular weight is 623 g/mol. The lowest BCUT2D eigenvalue weighted by molar-refractivity contribution is -0.386. The zero-order valence-electron chi connectivity index (χ0n) is 22.8. The van der Waals surface area contributed by atoms with Gasteiger partial charge in [0.25, 0.3) is 5.56 Å². The molecule has 0 spiro atoms. The Morgan fingerprint density at radius 1 is 1.17 bits per heavy atom. The van der Waals surface area contributed by atoms with Gasteiger partial charge in [-0.2, -0.15) is 9.78 Å². The summed E-state index contributed by atoms with van der Waals surface area (Å²) in [5, 5.41) is 26.1. The van der Waals surface area contributed by atoms with Crippen LogP contribution in [-0.2, 0) is 12.0 Å². The van der Waals surface area contributed by atoms with Crippen LogP contribution in [0, 0.1) is 10.1 Å². The fourth-order valence-corrected chi connectivity index (χ4v) is 4.40. The summed E-state index contributed by atoms with van der Waals surface area (Å²) in [5.41, 5.74) is 0.0852. The lowest BCUT2D eigenvalue weighted by Crippen LogP contribution is -2.29. The van der Waals surface area contributed by atoms with E-state index in [2.05, 4.69) is 26.0 Å². The van der Waals surface area contributed by atoms with Crippen LogP contribution in [0.5, 0.6) is 11.5 Å². The Bertz CT molecular complexity index is 1740. The maximum absolute atomic E-state index is 13.5. The molecule has 0 aliphatic carbocycles. The number of carboxylic acid groups (broad SMARTS) is 1. The first-order valence-corrected chi connectivity index (χ1v) is 13.4. The molecule has 0 bridgehead atoms. The Labute approximate surface area is 243 Å². The van der Waals surface area contributed by atoms with E-state index >= 15 is 0 Å². The highest BCUT2D eigenvalue weighted by Gasteiger charge is 2.25. The van der Waals surface area contributed by atoms with Gasteiger partial charge in [-0.15, -0.1) is 0 Å². The number of carbonyl (C=O) groups is 1. The van der Waals surface area contributed by atoms with Crippen molar-refractivity contribution in [2.45, 2.75) is 39.7 Å². The number of benzene rings is 3. The Morgan fingerprint density at radius 3 is 2.59 bits per heavy atom. The Hall–Kier alpha value is -4.58. The van der Waals surface area contributed by atoms with E-state index in [9.17, 15) is 24.8 Å². The van der Waals surface area contributed by atoms with Crippen LogP contribution in [-0.4, -0.2) is 38.5 Å². The van der Waals surface area contributed by atoms with E-state index in [1.807, 2.05) is 20.8 Å². The number of nitro groups is 1. The lowest BCUT2D eigenvalue weighted by atomic mass is 9.95. The summed E-state index contributed by atoms with van der Waals surface area (Å²) >= 11 is 3.38. The molecule has 0 radical (unpaired) electrons. The maximum Gasteiger partial charge on any atom is 0.335 e.